The molecule has 2 aromatic rings. The smallest absolute Gasteiger partial charge is 0.232 e. The Labute approximate surface area is 170 Å². The molecule has 0 N–H and O–H groups in total. The number of pyridine rings is 1. The lowest BCUT2D eigenvalue weighted by Gasteiger charge is -2.31. The highest BCUT2D eigenvalue weighted by Crippen LogP contribution is 2.32. The Kier molecular flexibility index (Phi) is 5.12. The van der Waals surface area contributed by atoms with Gasteiger partial charge >= 0.3 is 0 Å². The van der Waals surface area contributed by atoms with Gasteiger partial charge in [-0.15, -0.1) is 0 Å². The van der Waals surface area contributed by atoms with Crippen molar-refractivity contribution in [2.45, 2.75) is 30.7 Å². The van der Waals surface area contributed by atoms with Gasteiger partial charge in [0.2, 0.25) is 11.8 Å². The van der Waals surface area contributed by atoms with Crippen LogP contribution in [-0.2, 0) is 32.4 Å². The Morgan fingerprint density at radius 1 is 1.24 bits per heavy atom. The molecular weight excluding hydrogens is 390 g/mol. The van der Waals surface area contributed by atoms with Crippen LogP contribution >= 0.6 is 0 Å². The fourth-order valence-corrected chi connectivity index (χ4v) is 4.70. The van der Waals surface area contributed by atoms with Crippen LogP contribution in [0.4, 0.5) is 5.69 Å². The summed E-state index contributed by atoms with van der Waals surface area (Å²) in [5, 5.41) is 0. The quantitative estimate of drug-likeness (QED) is 0.763. The number of sulfone groups is 1. The number of amides is 2. The van der Waals surface area contributed by atoms with Crippen LogP contribution in [0.5, 0.6) is 0 Å². The van der Waals surface area contributed by atoms with Gasteiger partial charge in [0.05, 0.1) is 23.1 Å². The average Bonchev–Trinajstić information content (AvgIpc) is 3.07. The topological polar surface area (TPSA) is 87.7 Å². The number of fused-ring (bicyclic) bond motifs is 1. The number of likely N-dealkylation sites (tertiary alicyclic amines) is 1. The van der Waals surface area contributed by atoms with Crippen molar-refractivity contribution >= 4 is 27.3 Å². The fraction of sp³-hybridized carbons (Fsp3) is 0.381. The molecule has 1 saturated heterocycles. The maximum Gasteiger partial charge on any atom is 0.232 e. The van der Waals surface area contributed by atoms with E-state index >= 15 is 0 Å². The van der Waals surface area contributed by atoms with Crippen molar-refractivity contribution in [3.05, 3.63) is 53.9 Å². The van der Waals surface area contributed by atoms with E-state index in [1.807, 2.05) is 18.2 Å². The summed E-state index contributed by atoms with van der Waals surface area (Å²) in [7, 11) is -3.29. The number of carbonyl (C=O) groups is 2. The third kappa shape index (κ3) is 4.03. The van der Waals surface area contributed by atoms with Crippen molar-refractivity contribution in [2.24, 2.45) is 5.92 Å². The Balaban J connectivity index is 1.52. The molecule has 0 saturated carbocycles. The molecule has 1 unspecified atom stereocenters. The van der Waals surface area contributed by atoms with E-state index in [0.717, 1.165) is 29.8 Å². The largest absolute Gasteiger partial charge is 0.336 e. The highest BCUT2D eigenvalue weighted by atomic mass is 32.2. The first-order valence-electron chi connectivity index (χ1n) is 9.65. The molecule has 8 heteroatoms. The minimum absolute atomic E-state index is 0.0429. The van der Waals surface area contributed by atoms with Crippen LogP contribution in [0, 0.1) is 5.92 Å². The number of hydrogen-bond acceptors (Lipinski definition) is 5. The van der Waals surface area contributed by atoms with Crippen LogP contribution in [0.1, 0.15) is 24.1 Å². The second-order valence-electron chi connectivity index (χ2n) is 7.65. The highest BCUT2D eigenvalue weighted by molar-refractivity contribution is 7.90. The maximum absolute atomic E-state index is 13.2. The third-order valence-electron chi connectivity index (χ3n) is 5.51. The van der Waals surface area contributed by atoms with Gasteiger partial charge in [-0.2, -0.15) is 0 Å². The van der Waals surface area contributed by atoms with Crippen LogP contribution in [0.15, 0.2) is 47.5 Å². The van der Waals surface area contributed by atoms with Gasteiger partial charge in [-0.3, -0.25) is 14.6 Å². The summed E-state index contributed by atoms with van der Waals surface area (Å²) in [6, 6.07) is 10.5. The van der Waals surface area contributed by atoms with Gasteiger partial charge in [-0.05, 0) is 48.7 Å². The molecule has 3 heterocycles. The van der Waals surface area contributed by atoms with E-state index in [4.69, 9.17) is 0 Å². The number of aryl methyl sites for hydroxylation is 1. The molecule has 29 heavy (non-hydrogen) atoms. The zero-order valence-corrected chi connectivity index (χ0v) is 17.1. The molecule has 1 fully saturated rings. The van der Waals surface area contributed by atoms with Gasteiger partial charge in [0.15, 0.2) is 9.84 Å². The van der Waals surface area contributed by atoms with E-state index < -0.39 is 15.8 Å². The van der Waals surface area contributed by atoms with Crippen LogP contribution in [0.25, 0.3) is 0 Å². The van der Waals surface area contributed by atoms with E-state index in [1.54, 1.807) is 34.2 Å². The lowest BCUT2D eigenvalue weighted by atomic mass is 9.99. The van der Waals surface area contributed by atoms with Crippen molar-refractivity contribution in [1.82, 2.24) is 9.88 Å². The van der Waals surface area contributed by atoms with E-state index in [2.05, 4.69) is 4.98 Å². The van der Waals surface area contributed by atoms with E-state index in [9.17, 15) is 18.0 Å². The molecular formula is C21H23N3O4S. The summed E-state index contributed by atoms with van der Waals surface area (Å²) in [6.07, 6.45) is 4.57. The number of anilines is 1. The van der Waals surface area contributed by atoms with E-state index in [0.29, 0.717) is 19.6 Å². The van der Waals surface area contributed by atoms with Crippen LogP contribution in [0.2, 0.25) is 0 Å². The Morgan fingerprint density at radius 2 is 2.07 bits per heavy atom. The minimum atomic E-state index is -3.29. The summed E-state index contributed by atoms with van der Waals surface area (Å²) in [4.78, 5) is 33.6. The second-order valence-corrected chi connectivity index (χ2v) is 9.67. The summed E-state index contributed by atoms with van der Waals surface area (Å²) < 4.78 is 23.7. The molecule has 2 amide bonds. The van der Waals surface area contributed by atoms with Gasteiger partial charge in [0, 0.05) is 37.7 Å². The molecule has 0 bridgehead atoms. The van der Waals surface area contributed by atoms with Gasteiger partial charge in [-0.25, -0.2) is 8.42 Å². The van der Waals surface area contributed by atoms with Crippen molar-refractivity contribution < 1.29 is 18.0 Å². The zero-order valence-electron chi connectivity index (χ0n) is 16.2. The third-order valence-corrected chi connectivity index (χ3v) is 6.62. The monoisotopic (exact) mass is 413 g/mol. The number of benzene rings is 1. The van der Waals surface area contributed by atoms with E-state index in [1.165, 1.54) is 6.26 Å². The van der Waals surface area contributed by atoms with Crippen LogP contribution in [0.3, 0.4) is 0 Å². The van der Waals surface area contributed by atoms with Gasteiger partial charge in [0.1, 0.15) is 0 Å². The Hall–Kier alpha value is -2.74. The standard InChI is InChI=1S/C21H23N3O4S/c1-29(27,28)18-7-8-19-15(11-18)5-4-10-24(19)21(26)16-12-20(25)23(13-16)14-17-6-2-3-9-22-17/h2-3,6-9,11,16H,4-5,10,12-14H2,1H3. The number of carbonyl (C=O) groups excluding carboxylic acids is 2. The molecule has 4 rings (SSSR count). The predicted octanol–water partition coefficient (Wildman–Crippen LogP) is 1.81. The molecule has 0 aliphatic carbocycles. The summed E-state index contributed by atoms with van der Waals surface area (Å²) in [5.41, 5.74) is 2.41. The summed E-state index contributed by atoms with van der Waals surface area (Å²) in [6.45, 7) is 1.36. The van der Waals surface area contributed by atoms with Gasteiger partial charge in [-0.1, -0.05) is 6.07 Å². The first-order chi connectivity index (χ1) is 13.8. The Bertz CT molecular complexity index is 1050. The van der Waals surface area contributed by atoms with Crippen molar-refractivity contribution in [3.63, 3.8) is 0 Å². The normalized spacial score (nSPS) is 19.3. The Morgan fingerprint density at radius 3 is 2.79 bits per heavy atom. The van der Waals surface area contributed by atoms with Crippen molar-refractivity contribution in [1.29, 1.82) is 0 Å². The van der Waals surface area contributed by atoms with Crippen LogP contribution < -0.4 is 4.90 Å². The summed E-state index contributed by atoms with van der Waals surface area (Å²) >= 11 is 0. The number of rotatable bonds is 4. The number of aromatic nitrogens is 1. The van der Waals surface area contributed by atoms with Gasteiger partial charge < -0.3 is 9.80 Å². The minimum Gasteiger partial charge on any atom is -0.336 e. The molecule has 0 radical (unpaired) electrons. The first kappa shape index (κ1) is 19.6. The molecule has 7 nitrogen and oxygen atoms in total. The molecule has 1 atom stereocenters. The van der Waals surface area contributed by atoms with E-state index in [-0.39, 0.29) is 23.1 Å². The van der Waals surface area contributed by atoms with Crippen molar-refractivity contribution in [2.75, 3.05) is 24.2 Å². The number of hydrogen-bond donors (Lipinski definition) is 0. The molecule has 152 valence electrons. The predicted molar refractivity (Wildman–Crippen MR) is 108 cm³/mol. The highest BCUT2D eigenvalue weighted by Gasteiger charge is 2.38. The summed E-state index contributed by atoms with van der Waals surface area (Å²) in [5.74, 6) is -0.514. The van der Waals surface area contributed by atoms with Crippen molar-refractivity contribution in [3.8, 4) is 0 Å². The molecule has 1 aromatic carbocycles. The molecule has 0 spiro atoms. The zero-order chi connectivity index (χ0) is 20.6. The first-order valence-corrected chi connectivity index (χ1v) is 11.5. The lowest BCUT2D eigenvalue weighted by Crippen LogP contribution is -2.40. The molecule has 1 aromatic heterocycles. The molecule has 2 aliphatic heterocycles. The number of nitrogens with zero attached hydrogens (tertiary/aromatic N) is 3. The SMILES string of the molecule is CS(=O)(=O)c1ccc2c(c1)CCCN2C(=O)C1CC(=O)N(Cc2ccccn2)C1. The fourth-order valence-electron chi connectivity index (χ4n) is 4.03. The average molecular weight is 413 g/mol. The molecule has 2 aliphatic rings. The van der Waals surface area contributed by atoms with Crippen LogP contribution in [-0.4, -0.2) is 49.5 Å². The van der Waals surface area contributed by atoms with Gasteiger partial charge in [0.25, 0.3) is 0 Å². The lowest BCUT2D eigenvalue weighted by molar-refractivity contribution is -0.129. The second kappa shape index (κ2) is 7.59. The maximum atomic E-state index is 13.2.